The Hall–Kier alpha value is -0.610. The Morgan fingerprint density at radius 2 is 2.20 bits per heavy atom. The number of rotatable bonds is 6. The summed E-state index contributed by atoms with van der Waals surface area (Å²) in [4.78, 5) is 11.4. The highest BCUT2D eigenvalue weighted by Crippen LogP contribution is 2.30. The fourth-order valence-corrected chi connectivity index (χ4v) is 1.91. The van der Waals surface area contributed by atoms with Crippen LogP contribution in [0.25, 0.3) is 0 Å². The summed E-state index contributed by atoms with van der Waals surface area (Å²) in [7, 11) is 1.96. The minimum Gasteiger partial charge on any atom is -0.365 e. The average Bonchev–Trinajstić information content (AvgIpc) is 2.14. The van der Waals surface area contributed by atoms with Crippen molar-refractivity contribution in [3.63, 3.8) is 0 Å². The molecule has 0 radical (unpaired) electrons. The van der Waals surface area contributed by atoms with Crippen LogP contribution < -0.4 is 10.6 Å². The lowest BCUT2D eigenvalue weighted by molar-refractivity contribution is -0.141. The van der Waals surface area contributed by atoms with Crippen LogP contribution in [-0.4, -0.2) is 38.3 Å². The Morgan fingerprint density at radius 1 is 1.53 bits per heavy atom. The van der Waals surface area contributed by atoms with E-state index in [2.05, 4.69) is 10.6 Å². The molecule has 0 spiro atoms. The van der Waals surface area contributed by atoms with Crippen molar-refractivity contribution in [1.82, 2.24) is 10.6 Å². The Morgan fingerprint density at radius 3 is 2.73 bits per heavy atom. The Labute approximate surface area is 91.8 Å². The topological polar surface area (TPSA) is 50.4 Å². The van der Waals surface area contributed by atoms with Crippen LogP contribution in [0.1, 0.15) is 26.7 Å². The summed E-state index contributed by atoms with van der Waals surface area (Å²) in [5.74, 6) is 0.719. The number of nitrogens with one attached hydrogen (secondary N) is 2. The molecule has 15 heavy (non-hydrogen) atoms. The number of carbonyl (C=O) groups is 1. The normalized spacial score (nSPS) is 26.9. The molecule has 1 aliphatic carbocycles. The molecular formula is C11H22N2O2. The third-order valence-electron chi connectivity index (χ3n) is 2.80. The maximum atomic E-state index is 11.4. The highest BCUT2D eigenvalue weighted by Gasteiger charge is 2.31. The summed E-state index contributed by atoms with van der Waals surface area (Å²) in [5.41, 5.74) is 0. The van der Waals surface area contributed by atoms with E-state index in [4.69, 9.17) is 4.74 Å². The first-order valence-electron chi connectivity index (χ1n) is 5.75. The maximum Gasteiger partial charge on any atom is 0.248 e. The predicted octanol–water partition coefficient (Wildman–Crippen LogP) is 0.526. The number of hydrogen-bond acceptors (Lipinski definition) is 3. The number of amides is 1. The van der Waals surface area contributed by atoms with Crippen LogP contribution in [0.3, 0.4) is 0 Å². The van der Waals surface area contributed by atoms with Gasteiger partial charge in [-0.15, -0.1) is 0 Å². The van der Waals surface area contributed by atoms with Crippen molar-refractivity contribution in [3.05, 3.63) is 0 Å². The monoisotopic (exact) mass is 214 g/mol. The molecule has 0 bridgehead atoms. The molecule has 88 valence electrons. The van der Waals surface area contributed by atoms with Crippen LogP contribution in [0, 0.1) is 5.92 Å². The van der Waals surface area contributed by atoms with Crippen LogP contribution in [0.15, 0.2) is 0 Å². The van der Waals surface area contributed by atoms with Gasteiger partial charge in [-0.1, -0.05) is 0 Å². The number of ether oxygens (including phenoxy) is 1. The molecule has 2 N–H and O–H groups in total. The Balaban J connectivity index is 2.13. The molecule has 0 saturated heterocycles. The van der Waals surface area contributed by atoms with Crippen molar-refractivity contribution < 1.29 is 9.53 Å². The lowest BCUT2D eigenvalue weighted by Crippen LogP contribution is -2.42. The van der Waals surface area contributed by atoms with E-state index in [9.17, 15) is 4.79 Å². The summed E-state index contributed by atoms with van der Waals surface area (Å²) in [6.45, 7) is 5.45. The second-order valence-electron chi connectivity index (χ2n) is 4.19. The molecule has 0 aromatic rings. The highest BCUT2D eigenvalue weighted by molar-refractivity contribution is 5.80. The van der Waals surface area contributed by atoms with Gasteiger partial charge in [0.1, 0.15) is 6.10 Å². The molecule has 1 fully saturated rings. The summed E-state index contributed by atoms with van der Waals surface area (Å²) >= 11 is 0. The highest BCUT2D eigenvalue weighted by atomic mass is 16.5. The van der Waals surface area contributed by atoms with Crippen molar-refractivity contribution in [2.24, 2.45) is 5.92 Å². The molecule has 1 rings (SSSR count). The van der Waals surface area contributed by atoms with E-state index in [0.29, 0.717) is 6.54 Å². The summed E-state index contributed by atoms with van der Waals surface area (Å²) < 4.78 is 5.64. The fraction of sp³-hybridized carbons (Fsp3) is 0.909. The second-order valence-corrected chi connectivity index (χ2v) is 4.19. The van der Waals surface area contributed by atoms with Gasteiger partial charge in [0, 0.05) is 6.54 Å². The van der Waals surface area contributed by atoms with Gasteiger partial charge in [-0.3, -0.25) is 4.79 Å². The maximum absolute atomic E-state index is 11.4. The van der Waals surface area contributed by atoms with Crippen LogP contribution in [0.2, 0.25) is 0 Å². The van der Waals surface area contributed by atoms with E-state index in [1.165, 1.54) is 0 Å². The van der Waals surface area contributed by atoms with Gasteiger partial charge >= 0.3 is 0 Å². The van der Waals surface area contributed by atoms with Gasteiger partial charge in [0.2, 0.25) is 5.91 Å². The van der Waals surface area contributed by atoms with E-state index >= 15 is 0 Å². The van der Waals surface area contributed by atoms with Gasteiger partial charge in [-0.2, -0.15) is 0 Å². The average molecular weight is 214 g/mol. The molecular weight excluding hydrogens is 192 g/mol. The SMILES string of the molecule is CCNC(=O)C(C)OC1CC(CNC)C1. The van der Waals surface area contributed by atoms with Crippen molar-refractivity contribution in [3.8, 4) is 0 Å². The lowest BCUT2D eigenvalue weighted by atomic mass is 9.82. The van der Waals surface area contributed by atoms with Crippen LogP contribution in [0.5, 0.6) is 0 Å². The van der Waals surface area contributed by atoms with Crippen LogP contribution >= 0.6 is 0 Å². The van der Waals surface area contributed by atoms with Gasteiger partial charge in [0.05, 0.1) is 6.10 Å². The van der Waals surface area contributed by atoms with Gasteiger partial charge in [0.15, 0.2) is 0 Å². The summed E-state index contributed by atoms with van der Waals surface area (Å²) in [6.07, 6.45) is 2.11. The van der Waals surface area contributed by atoms with Gasteiger partial charge in [0.25, 0.3) is 0 Å². The second kappa shape index (κ2) is 6.08. The first-order chi connectivity index (χ1) is 7.17. The molecule has 4 nitrogen and oxygen atoms in total. The van der Waals surface area contributed by atoms with Crippen molar-refractivity contribution >= 4 is 5.91 Å². The largest absolute Gasteiger partial charge is 0.365 e. The zero-order valence-electron chi connectivity index (χ0n) is 9.88. The standard InChI is InChI=1S/C11H22N2O2/c1-4-13-11(14)8(2)15-10-5-9(6-10)7-12-3/h8-10,12H,4-7H2,1-3H3,(H,13,14). The summed E-state index contributed by atoms with van der Waals surface area (Å²) in [6, 6.07) is 0. The third kappa shape index (κ3) is 3.80. The van der Waals surface area contributed by atoms with E-state index in [-0.39, 0.29) is 18.1 Å². The van der Waals surface area contributed by atoms with E-state index < -0.39 is 0 Å². The molecule has 0 aliphatic heterocycles. The number of carbonyl (C=O) groups excluding carboxylic acids is 1. The zero-order valence-corrected chi connectivity index (χ0v) is 9.88. The zero-order chi connectivity index (χ0) is 11.3. The first kappa shape index (κ1) is 12.5. The molecule has 1 saturated carbocycles. The van der Waals surface area contributed by atoms with E-state index in [1.54, 1.807) is 0 Å². The minimum atomic E-state index is -0.314. The smallest absolute Gasteiger partial charge is 0.248 e. The van der Waals surface area contributed by atoms with Crippen molar-refractivity contribution in [2.45, 2.75) is 38.9 Å². The predicted molar refractivity (Wildman–Crippen MR) is 59.7 cm³/mol. The quantitative estimate of drug-likeness (QED) is 0.678. The first-order valence-corrected chi connectivity index (χ1v) is 5.75. The van der Waals surface area contributed by atoms with E-state index in [1.807, 2.05) is 20.9 Å². The molecule has 0 aromatic heterocycles. The molecule has 1 atom stereocenters. The molecule has 0 aromatic carbocycles. The van der Waals surface area contributed by atoms with Crippen molar-refractivity contribution in [2.75, 3.05) is 20.1 Å². The van der Waals surface area contributed by atoms with Crippen LogP contribution in [0.4, 0.5) is 0 Å². The van der Waals surface area contributed by atoms with Gasteiger partial charge < -0.3 is 15.4 Å². The molecule has 1 unspecified atom stereocenters. The molecule has 4 heteroatoms. The molecule has 0 heterocycles. The van der Waals surface area contributed by atoms with Gasteiger partial charge in [-0.05, 0) is 46.2 Å². The third-order valence-corrected chi connectivity index (χ3v) is 2.80. The summed E-state index contributed by atoms with van der Waals surface area (Å²) in [5, 5.41) is 5.91. The number of likely N-dealkylation sites (N-methyl/N-ethyl adjacent to an activating group) is 1. The van der Waals surface area contributed by atoms with Crippen molar-refractivity contribution in [1.29, 1.82) is 0 Å². The van der Waals surface area contributed by atoms with E-state index in [0.717, 1.165) is 25.3 Å². The Bertz CT molecular complexity index is 203. The lowest BCUT2D eigenvalue weighted by Gasteiger charge is -2.36. The molecule has 1 amide bonds. The number of hydrogen-bond donors (Lipinski definition) is 2. The molecule has 1 aliphatic rings. The van der Waals surface area contributed by atoms with Gasteiger partial charge in [-0.25, -0.2) is 0 Å². The minimum absolute atomic E-state index is 0.00503. The fourth-order valence-electron chi connectivity index (χ4n) is 1.91. The van der Waals surface area contributed by atoms with Crippen LogP contribution in [-0.2, 0) is 9.53 Å². The Kier molecular flexibility index (Phi) is 5.05.